The lowest BCUT2D eigenvalue weighted by molar-refractivity contribution is -0.00699. The highest BCUT2D eigenvalue weighted by Gasteiger charge is 2.38. The predicted molar refractivity (Wildman–Crippen MR) is 95.1 cm³/mol. The van der Waals surface area contributed by atoms with Crippen LogP contribution >= 0.6 is 0 Å². The molecule has 25 heavy (non-hydrogen) atoms. The Morgan fingerprint density at radius 2 is 1.88 bits per heavy atom. The first-order valence-corrected chi connectivity index (χ1v) is 8.73. The van der Waals surface area contributed by atoms with Gasteiger partial charge in [-0.25, -0.2) is 9.59 Å². The lowest BCUT2D eigenvalue weighted by atomic mass is 9.90. The van der Waals surface area contributed by atoms with Gasteiger partial charge in [0.05, 0.1) is 0 Å². The molecule has 1 aliphatic heterocycles. The van der Waals surface area contributed by atoms with E-state index in [1.807, 2.05) is 58.0 Å². The topological polar surface area (TPSA) is 67.9 Å². The molecule has 1 atom stereocenters. The highest BCUT2D eigenvalue weighted by atomic mass is 16.6. The zero-order chi connectivity index (χ0) is 18.4. The number of nitrogens with zero attached hydrogens (tertiary/aromatic N) is 1. The number of likely N-dealkylation sites (tertiary alicyclic amines) is 1. The summed E-state index contributed by atoms with van der Waals surface area (Å²) in [5, 5.41) is 2.91. The Hall–Kier alpha value is -2.24. The molecular formula is C19H28N2O4. The maximum absolute atomic E-state index is 12.0. The van der Waals surface area contributed by atoms with Gasteiger partial charge in [0.1, 0.15) is 12.2 Å². The van der Waals surface area contributed by atoms with Crippen molar-refractivity contribution >= 4 is 12.2 Å². The molecule has 0 unspecified atom stereocenters. The van der Waals surface area contributed by atoms with Crippen LogP contribution in [-0.2, 0) is 16.1 Å². The van der Waals surface area contributed by atoms with Gasteiger partial charge in [-0.3, -0.25) is 0 Å². The maximum Gasteiger partial charge on any atom is 0.410 e. The minimum Gasteiger partial charge on any atom is -0.445 e. The first kappa shape index (κ1) is 19.1. The third kappa shape index (κ3) is 5.96. The molecule has 1 N–H and O–H groups in total. The molecule has 0 aliphatic carbocycles. The molecule has 1 aromatic rings. The van der Waals surface area contributed by atoms with Crippen molar-refractivity contribution in [2.75, 3.05) is 13.1 Å². The molecule has 0 saturated carbocycles. The molecule has 0 bridgehead atoms. The fourth-order valence-electron chi connectivity index (χ4n) is 2.71. The number of nitrogens with one attached hydrogen (secondary N) is 1. The number of hydrogen-bond acceptors (Lipinski definition) is 4. The van der Waals surface area contributed by atoms with Crippen molar-refractivity contribution in [1.82, 2.24) is 10.2 Å². The number of carbonyl (C=O) groups excluding carboxylic acids is 2. The van der Waals surface area contributed by atoms with Crippen molar-refractivity contribution in [1.29, 1.82) is 0 Å². The predicted octanol–water partition coefficient (Wildman–Crippen LogP) is 3.56. The smallest absolute Gasteiger partial charge is 0.410 e. The third-order valence-corrected chi connectivity index (χ3v) is 4.09. The second-order valence-corrected chi connectivity index (χ2v) is 7.37. The number of alkyl carbamates (subject to hydrolysis) is 1. The van der Waals surface area contributed by atoms with Gasteiger partial charge in [-0.15, -0.1) is 0 Å². The van der Waals surface area contributed by atoms with Crippen LogP contribution in [-0.4, -0.2) is 41.8 Å². The molecule has 1 fully saturated rings. The van der Waals surface area contributed by atoms with Gasteiger partial charge in [0.15, 0.2) is 0 Å². The van der Waals surface area contributed by atoms with Crippen molar-refractivity contribution in [3.63, 3.8) is 0 Å². The summed E-state index contributed by atoms with van der Waals surface area (Å²) in [4.78, 5) is 25.6. The summed E-state index contributed by atoms with van der Waals surface area (Å²) in [6.45, 7) is 8.98. The number of rotatable bonds is 5. The largest absolute Gasteiger partial charge is 0.445 e. The van der Waals surface area contributed by atoms with Gasteiger partial charge in [-0.05, 0) is 32.8 Å². The Bertz CT molecular complexity index is 577. The molecule has 2 amide bonds. The minimum absolute atomic E-state index is 0.0121. The standard InChI is InChI=1S/C19H28N2O4/c1-5-16(15-11-21(12-15)18(23)25-19(2,3)4)20-17(22)24-13-14-9-7-6-8-10-14/h6-10,15-16H,5,11-13H2,1-4H3,(H,20,22)/t16-/m0/s1. The van der Waals surface area contributed by atoms with E-state index >= 15 is 0 Å². The van der Waals surface area contributed by atoms with Crippen molar-refractivity contribution in [2.45, 2.75) is 52.4 Å². The van der Waals surface area contributed by atoms with Gasteiger partial charge in [-0.2, -0.15) is 0 Å². The molecule has 1 aromatic carbocycles. The van der Waals surface area contributed by atoms with Gasteiger partial charge in [0, 0.05) is 25.0 Å². The van der Waals surface area contributed by atoms with E-state index in [0.29, 0.717) is 13.1 Å². The van der Waals surface area contributed by atoms with Crippen LogP contribution in [0, 0.1) is 5.92 Å². The van der Waals surface area contributed by atoms with E-state index in [4.69, 9.17) is 9.47 Å². The Morgan fingerprint density at radius 1 is 1.24 bits per heavy atom. The zero-order valence-corrected chi connectivity index (χ0v) is 15.5. The molecule has 1 aliphatic rings. The van der Waals surface area contributed by atoms with E-state index in [1.54, 1.807) is 4.90 Å². The average Bonchev–Trinajstić information content (AvgIpc) is 2.49. The van der Waals surface area contributed by atoms with Crippen LogP contribution in [0.5, 0.6) is 0 Å². The fourth-order valence-corrected chi connectivity index (χ4v) is 2.71. The van der Waals surface area contributed by atoms with Crippen molar-refractivity contribution in [3.8, 4) is 0 Å². The van der Waals surface area contributed by atoms with E-state index < -0.39 is 11.7 Å². The van der Waals surface area contributed by atoms with Crippen molar-refractivity contribution in [3.05, 3.63) is 35.9 Å². The summed E-state index contributed by atoms with van der Waals surface area (Å²) in [6, 6.07) is 9.55. The van der Waals surface area contributed by atoms with Crippen LogP contribution in [0.2, 0.25) is 0 Å². The zero-order valence-electron chi connectivity index (χ0n) is 15.5. The highest BCUT2D eigenvalue weighted by molar-refractivity contribution is 5.70. The second kappa shape index (κ2) is 8.23. The van der Waals surface area contributed by atoms with E-state index in [0.717, 1.165) is 12.0 Å². The van der Waals surface area contributed by atoms with Crippen LogP contribution in [0.15, 0.2) is 30.3 Å². The minimum atomic E-state index is -0.494. The molecular weight excluding hydrogens is 320 g/mol. The maximum atomic E-state index is 12.0. The van der Waals surface area contributed by atoms with Crippen LogP contribution in [0.3, 0.4) is 0 Å². The summed E-state index contributed by atoms with van der Waals surface area (Å²) >= 11 is 0. The summed E-state index contributed by atoms with van der Waals surface area (Å²) in [5.74, 6) is 0.224. The molecule has 1 heterocycles. The van der Waals surface area contributed by atoms with Crippen LogP contribution < -0.4 is 5.32 Å². The van der Waals surface area contributed by atoms with Crippen LogP contribution in [0.1, 0.15) is 39.7 Å². The number of amides is 2. The summed E-state index contributed by atoms with van der Waals surface area (Å²) in [5.41, 5.74) is 0.455. The van der Waals surface area contributed by atoms with Gasteiger partial charge in [0.2, 0.25) is 0 Å². The first-order chi connectivity index (χ1) is 11.8. The highest BCUT2D eigenvalue weighted by Crippen LogP contribution is 2.23. The van der Waals surface area contributed by atoms with E-state index in [-0.39, 0.29) is 24.7 Å². The van der Waals surface area contributed by atoms with Gasteiger partial charge in [-0.1, -0.05) is 37.3 Å². The Morgan fingerprint density at radius 3 is 2.44 bits per heavy atom. The Labute approximate surface area is 149 Å². The van der Waals surface area contributed by atoms with E-state index in [9.17, 15) is 9.59 Å². The molecule has 0 spiro atoms. The lowest BCUT2D eigenvalue weighted by Gasteiger charge is -2.43. The van der Waals surface area contributed by atoms with E-state index in [1.165, 1.54) is 0 Å². The van der Waals surface area contributed by atoms with Gasteiger partial charge >= 0.3 is 12.2 Å². The van der Waals surface area contributed by atoms with Crippen LogP contribution in [0.25, 0.3) is 0 Å². The average molecular weight is 348 g/mol. The normalized spacial score (nSPS) is 15.9. The third-order valence-electron chi connectivity index (χ3n) is 4.09. The number of carbonyl (C=O) groups is 2. The summed E-state index contributed by atoms with van der Waals surface area (Å²) in [7, 11) is 0. The summed E-state index contributed by atoms with van der Waals surface area (Å²) in [6.07, 6.45) is 0.0597. The van der Waals surface area contributed by atoms with Gasteiger partial charge < -0.3 is 19.7 Å². The molecule has 1 saturated heterocycles. The Kier molecular flexibility index (Phi) is 6.28. The number of benzene rings is 1. The van der Waals surface area contributed by atoms with Gasteiger partial charge in [0.25, 0.3) is 0 Å². The fraction of sp³-hybridized carbons (Fsp3) is 0.579. The SMILES string of the molecule is CC[C@H](NC(=O)OCc1ccccc1)C1CN(C(=O)OC(C)(C)C)C1. The quantitative estimate of drug-likeness (QED) is 0.883. The monoisotopic (exact) mass is 348 g/mol. The summed E-state index contributed by atoms with van der Waals surface area (Å²) < 4.78 is 10.6. The number of ether oxygens (including phenoxy) is 2. The molecule has 6 nitrogen and oxygen atoms in total. The second-order valence-electron chi connectivity index (χ2n) is 7.37. The first-order valence-electron chi connectivity index (χ1n) is 8.73. The molecule has 6 heteroatoms. The molecule has 0 aromatic heterocycles. The molecule has 0 radical (unpaired) electrons. The van der Waals surface area contributed by atoms with Crippen LogP contribution in [0.4, 0.5) is 9.59 Å². The lowest BCUT2D eigenvalue weighted by Crippen LogP contribution is -2.58. The van der Waals surface area contributed by atoms with Crippen molar-refractivity contribution < 1.29 is 19.1 Å². The van der Waals surface area contributed by atoms with E-state index in [2.05, 4.69) is 5.32 Å². The molecule has 2 rings (SSSR count). The number of hydrogen-bond donors (Lipinski definition) is 1. The molecule has 138 valence electrons. The van der Waals surface area contributed by atoms with Crippen molar-refractivity contribution in [2.24, 2.45) is 5.92 Å². The Balaban J connectivity index is 1.74.